The van der Waals surface area contributed by atoms with E-state index in [0.717, 1.165) is 23.6 Å². The molecule has 1 heterocycles. The van der Waals surface area contributed by atoms with Crippen LogP contribution in [-0.4, -0.2) is 16.2 Å². The minimum atomic E-state index is -0.00510. The Kier molecular flexibility index (Phi) is 4.85. The highest BCUT2D eigenvalue weighted by Crippen LogP contribution is 2.28. The number of imidazole rings is 1. The average molecular weight is 336 g/mol. The van der Waals surface area contributed by atoms with Gasteiger partial charge in [0, 0.05) is 5.41 Å². The second-order valence-corrected chi connectivity index (χ2v) is 7.87. The van der Waals surface area contributed by atoms with Crippen LogP contribution in [0, 0.1) is 0 Å². The summed E-state index contributed by atoms with van der Waals surface area (Å²) in [4.78, 5) is 4.86. The molecule has 0 unspecified atom stereocenters. The van der Waals surface area contributed by atoms with E-state index in [1.807, 2.05) is 12.1 Å². The number of hydrogen-bond donors (Lipinski definition) is 0. The van der Waals surface area contributed by atoms with Crippen LogP contribution in [0.5, 0.6) is 5.75 Å². The van der Waals surface area contributed by atoms with Crippen molar-refractivity contribution in [2.24, 2.45) is 0 Å². The van der Waals surface area contributed by atoms with Gasteiger partial charge in [-0.2, -0.15) is 0 Å². The molecule has 0 amide bonds. The third kappa shape index (κ3) is 3.71. The van der Waals surface area contributed by atoms with Gasteiger partial charge in [-0.3, -0.25) is 0 Å². The molecule has 132 valence electrons. The molecule has 25 heavy (non-hydrogen) atoms. The summed E-state index contributed by atoms with van der Waals surface area (Å²) in [6.45, 7) is 12.4. The topological polar surface area (TPSA) is 27.1 Å². The van der Waals surface area contributed by atoms with Crippen LogP contribution in [-0.2, 0) is 12.0 Å². The number of rotatable bonds is 5. The van der Waals surface area contributed by atoms with Crippen LogP contribution in [0.2, 0.25) is 0 Å². The summed E-state index contributed by atoms with van der Waals surface area (Å²) in [6.07, 6.45) is 0. The lowest BCUT2D eigenvalue weighted by Crippen LogP contribution is -2.21. The maximum absolute atomic E-state index is 6.14. The largest absolute Gasteiger partial charge is 0.491 e. The quantitative estimate of drug-likeness (QED) is 0.612. The molecule has 0 fully saturated rings. The summed E-state index contributed by atoms with van der Waals surface area (Å²) < 4.78 is 8.44. The molecule has 3 heteroatoms. The molecule has 2 aromatic carbocycles. The van der Waals surface area contributed by atoms with Crippen LogP contribution in [0.4, 0.5) is 0 Å². The Morgan fingerprint density at radius 2 is 1.68 bits per heavy atom. The maximum atomic E-state index is 6.14. The summed E-state index contributed by atoms with van der Waals surface area (Å²) >= 11 is 0. The molecule has 0 aliphatic rings. The van der Waals surface area contributed by atoms with E-state index in [2.05, 4.69) is 75.6 Å². The molecule has 0 saturated carbocycles. The first-order valence-corrected chi connectivity index (χ1v) is 9.05. The molecule has 3 rings (SSSR count). The number of nitrogens with zero attached hydrogens (tertiary/aromatic N) is 2. The van der Waals surface area contributed by atoms with Gasteiger partial charge in [0.2, 0.25) is 0 Å². The summed E-state index contributed by atoms with van der Waals surface area (Å²) in [5, 5.41) is 0. The molecule has 0 N–H and O–H groups in total. The number of hydrogen-bond acceptors (Lipinski definition) is 2. The van der Waals surface area contributed by atoms with E-state index in [-0.39, 0.29) is 5.41 Å². The Labute approximate surface area is 150 Å². The van der Waals surface area contributed by atoms with E-state index >= 15 is 0 Å². The lowest BCUT2D eigenvalue weighted by Gasteiger charge is -2.21. The van der Waals surface area contributed by atoms with Crippen LogP contribution >= 0.6 is 0 Å². The minimum Gasteiger partial charge on any atom is -0.491 e. The van der Waals surface area contributed by atoms with E-state index < -0.39 is 0 Å². The van der Waals surface area contributed by atoms with Crippen molar-refractivity contribution < 1.29 is 4.74 Å². The van der Waals surface area contributed by atoms with Crippen LogP contribution in [0.3, 0.4) is 0 Å². The minimum absolute atomic E-state index is 0.00510. The predicted octanol–water partition coefficient (Wildman–Crippen LogP) is 5.54. The maximum Gasteiger partial charge on any atom is 0.122 e. The Balaban J connectivity index is 1.84. The highest BCUT2D eigenvalue weighted by Gasteiger charge is 2.22. The smallest absolute Gasteiger partial charge is 0.122 e. The Bertz CT molecular complexity index is 856. The lowest BCUT2D eigenvalue weighted by molar-refractivity contribution is 0.291. The van der Waals surface area contributed by atoms with Gasteiger partial charge >= 0.3 is 0 Å². The van der Waals surface area contributed by atoms with Crippen molar-refractivity contribution in [3.8, 4) is 5.75 Å². The highest BCUT2D eigenvalue weighted by atomic mass is 16.5. The van der Waals surface area contributed by atoms with Crippen LogP contribution in [0.1, 0.15) is 51.9 Å². The molecule has 0 aliphatic carbocycles. The molecule has 0 aliphatic heterocycles. The van der Waals surface area contributed by atoms with Crippen LogP contribution in [0.15, 0.2) is 48.5 Å². The van der Waals surface area contributed by atoms with E-state index in [1.54, 1.807) is 0 Å². The first-order chi connectivity index (χ1) is 11.9. The highest BCUT2D eigenvalue weighted by molar-refractivity contribution is 5.76. The van der Waals surface area contributed by atoms with Crippen molar-refractivity contribution in [3.05, 3.63) is 59.9 Å². The third-order valence-corrected chi connectivity index (χ3v) is 4.44. The van der Waals surface area contributed by atoms with Gasteiger partial charge in [-0.15, -0.1) is 0 Å². The fourth-order valence-corrected chi connectivity index (χ4v) is 3.21. The zero-order valence-corrected chi connectivity index (χ0v) is 15.9. The second-order valence-electron chi connectivity index (χ2n) is 7.87. The Morgan fingerprint density at radius 3 is 2.40 bits per heavy atom. The average Bonchev–Trinajstić information content (AvgIpc) is 2.94. The van der Waals surface area contributed by atoms with Crippen molar-refractivity contribution >= 4 is 11.0 Å². The normalized spacial score (nSPS) is 12.1. The SMILES string of the molecule is CC(C)c1ccccc1OCCn1c(C(C)(C)C)nc2ccccc21. The molecule has 3 aromatic rings. The molecule has 0 atom stereocenters. The first-order valence-electron chi connectivity index (χ1n) is 9.05. The molecular formula is C22H28N2O. The van der Waals surface area contributed by atoms with Crippen molar-refractivity contribution in [2.45, 2.75) is 52.5 Å². The molecule has 0 saturated heterocycles. The molecule has 0 bridgehead atoms. The van der Waals surface area contributed by atoms with Gasteiger partial charge in [0.05, 0.1) is 17.6 Å². The predicted molar refractivity (Wildman–Crippen MR) is 104 cm³/mol. The molecule has 0 spiro atoms. The molecular weight excluding hydrogens is 308 g/mol. The van der Waals surface area contributed by atoms with Crippen molar-refractivity contribution in [1.82, 2.24) is 9.55 Å². The number of ether oxygens (including phenoxy) is 1. The Morgan fingerprint density at radius 1 is 1.00 bits per heavy atom. The van der Waals surface area contributed by atoms with Gasteiger partial charge in [0.15, 0.2) is 0 Å². The molecule has 1 aromatic heterocycles. The zero-order chi connectivity index (χ0) is 18.0. The van der Waals surface area contributed by atoms with Crippen molar-refractivity contribution in [2.75, 3.05) is 6.61 Å². The number of benzene rings is 2. The summed E-state index contributed by atoms with van der Waals surface area (Å²) in [5.74, 6) is 2.55. The monoisotopic (exact) mass is 336 g/mol. The summed E-state index contributed by atoms with van der Waals surface area (Å²) in [6, 6.07) is 16.6. The second kappa shape index (κ2) is 6.91. The van der Waals surface area contributed by atoms with Crippen LogP contribution in [0.25, 0.3) is 11.0 Å². The lowest BCUT2D eigenvalue weighted by atomic mass is 9.95. The van der Waals surface area contributed by atoms with Gasteiger partial charge in [-0.25, -0.2) is 4.98 Å². The summed E-state index contributed by atoms with van der Waals surface area (Å²) in [5.41, 5.74) is 3.48. The van der Waals surface area contributed by atoms with E-state index in [4.69, 9.17) is 9.72 Å². The van der Waals surface area contributed by atoms with Gasteiger partial charge in [0.1, 0.15) is 18.2 Å². The number of fused-ring (bicyclic) bond motifs is 1. The van der Waals surface area contributed by atoms with Crippen molar-refractivity contribution in [1.29, 1.82) is 0 Å². The first kappa shape index (κ1) is 17.5. The van der Waals surface area contributed by atoms with Gasteiger partial charge in [-0.05, 0) is 29.7 Å². The number of para-hydroxylation sites is 3. The Hall–Kier alpha value is -2.29. The number of aromatic nitrogens is 2. The zero-order valence-electron chi connectivity index (χ0n) is 15.9. The van der Waals surface area contributed by atoms with Crippen molar-refractivity contribution in [3.63, 3.8) is 0 Å². The van der Waals surface area contributed by atoms with Gasteiger partial charge in [-0.1, -0.05) is 65.0 Å². The standard InChI is InChI=1S/C22H28N2O/c1-16(2)17-10-6-9-13-20(17)25-15-14-24-19-12-8-7-11-18(19)23-21(24)22(3,4)5/h6-13,16H,14-15H2,1-5H3. The fourth-order valence-electron chi connectivity index (χ4n) is 3.21. The van der Waals surface area contributed by atoms with Gasteiger partial charge < -0.3 is 9.30 Å². The van der Waals surface area contributed by atoms with E-state index in [9.17, 15) is 0 Å². The third-order valence-electron chi connectivity index (χ3n) is 4.44. The fraction of sp³-hybridized carbons (Fsp3) is 0.409. The van der Waals surface area contributed by atoms with E-state index in [1.165, 1.54) is 11.1 Å². The van der Waals surface area contributed by atoms with Crippen LogP contribution < -0.4 is 4.74 Å². The molecule has 3 nitrogen and oxygen atoms in total. The van der Waals surface area contributed by atoms with Gasteiger partial charge in [0.25, 0.3) is 0 Å². The van der Waals surface area contributed by atoms with E-state index in [0.29, 0.717) is 12.5 Å². The summed E-state index contributed by atoms with van der Waals surface area (Å²) in [7, 11) is 0. The molecule has 0 radical (unpaired) electrons.